The summed E-state index contributed by atoms with van der Waals surface area (Å²) in [7, 11) is 0. The van der Waals surface area contributed by atoms with Gasteiger partial charge in [0.1, 0.15) is 11.6 Å². The maximum absolute atomic E-state index is 12.5. The van der Waals surface area contributed by atoms with Crippen LogP contribution in [0.2, 0.25) is 0 Å². The largest absolute Gasteiger partial charge is 0.361 e. The Morgan fingerprint density at radius 1 is 1.14 bits per heavy atom. The number of fused-ring (bicyclic) bond motifs is 3. The second-order valence-corrected chi connectivity index (χ2v) is 5.80. The third-order valence-corrected chi connectivity index (χ3v) is 4.38. The first-order valence-electron chi connectivity index (χ1n) is 6.88. The molecule has 0 N–H and O–H groups in total. The molecule has 1 saturated heterocycles. The average Bonchev–Trinajstić information content (AvgIpc) is 2.90. The highest BCUT2D eigenvalue weighted by Gasteiger charge is 2.55. The van der Waals surface area contributed by atoms with Gasteiger partial charge in [-0.2, -0.15) is 0 Å². The van der Waals surface area contributed by atoms with Crippen molar-refractivity contribution in [2.45, 2.75) is 31.1 Å². The van der Waals surface area contributed by atoms with Gasteiger partial charge in [-0.15, -0.1) is 0 Å². The molecule has 1 fully saturated rings. The summed E-state index contributed by atoms with van der Waals surface area (Å²) in [5.74, 6) is -0.969. The van der Waals surface area contributed by atoms with Crippen molar-refractivity contribution in [3.63, 3.8) is 0 Å². The molecule has 106 valence electrons. The van der Waals surface area contributed by atoms with Gasteiger partial charge in [-0.3, -0.25) is 19.3 Å². The molecule has 5 heteroatoms. The zero-order valence-electron chi connectivity index (χ0n) is 11.4. The van der Waals surface area contributed by atoms with E-state index >= 15 is 0 Å². The number of amides is 2. The van der Waals surface area contributed by atoms with Gasteiger partial charge in [0.25, 0.3) is 11.8 Å². The third-order valence-electron chi connectivity index (χ3n) is 4.38. The van der Waals surface area contributed by atoms with E-state index in [4.69, 9.17) is 4.74 Å². The molecule has 2 amide bonds. The molecule has 3 heterocycles. The minimum absolute atomic E-state index is 0.131. The number of ketones is 1. The molecule has 0 aromatic heterocycles. The lowest BCUT2D eigenvalue weighted by atomic mass is 9.89. The number of Topliss-reactive ketones (excluding diaryl/α,β-unsaturated/α-hetero) is 1. The molecule has 5 nitrogen and oxygen atoms in total. The second-order valence-electron chi connectivity index (χ2n) is 5.80. The number of benzene rings is 1. The van der Waals surface area contributed by atoms with Crippen molar-refractivity contribution < 1.29 is 19.1 Å². The van der Waals surface area contributed by atoms with Crippen LogP contribution in [0.25, 0.3) is 0 Å². The molecule has 3 atom stereocenters. The molecule has 4 rings (SSSR count). The molecule has 0 spiro atoms. The second kappa shape index (κ2) is 3.89. The van der Waals surface area contributed by atoms with Gasteiger partial charge in [-0.1, -0.05) is 24.3 Å². The number of imide groups is 1. The van der Waals surface area contributed by atoms with Crippen molar-refractivity contribution in [2.24, 2.45) is 0 Å². The van der Waals surface area contributed by atoms with Crippen molar-refractivity contribution in [3.05, 3.63) is 47.5 Å². The molecule has 1 aromatic carbocycles. The van der Waals surface area contributed by atoms with Crippen LogP contribution in [-0.2, 0) is 9.53 Å². The van der Waals surface area contributed by atoms with Crippen molar-refractivity contribution in [3.8, 4) is 0 Å². The Morgan fingerprint density at radius 3 is 2.38 bits per heavy atom. The highest BCUT2D eigenvalue weighted by Crippen LogP contribution is 2.39. The molecule has 0 radical (unpaired) electrons. The Kier molecular flexibility index (Phi) is 2.31. The van der Waals surface area contributed by atoms with E-state index in [-0.39, 0.29) is 18.3 Å². The van der Waals surface area contributed by atoms with Crippen LogP contribution in [0.1, 0.15) is 34.1 Å². The smallest absolute Gasteiger partial charge is 0.262 e. The fraction of sp³-hybridized carbons (Fsp3) is 0.312. The predicted molar refractivity (Wildman–Crippen MR) is 72.8 cm³/mol. The van der Waals surface area contributed by atoms with E-state index < -0.39 is 23.5 Å². The Bertz CT molecular complexity index is 688. The average molecular weight is 283 g/mol. The molecule has 3 aliphatic heterocycles. The van der Waals surface area contributed by atoms with E-state index in [1.165, 1.54) is 0 Å². The standard InChI is InChI=1S/C16H13NO4/c1-16-7-6-9(21-16)8-12(18)13(16)17-14(19)10-4-2-3-5-11(10)15(17)20/h2-7,9,13H,8H2,1H3/t9-,13+,16+/m1/s1. The number of hydrogen-bond donors (Lipinski definition) is 0. The van der Waals surface area contributed by atoms with Gasteiger partial charge in [0.05, 0.1) is 17.2 Å². The SMILES string of the molecule is C[C@]12C=C[C@H](CC(=O)[C@@H]1N1C(=O)c3ccccc3C1=O)O2. The van der Waals surface area contributed by atoms with Crippen molar-refractivity contribution in [1.82, 2.24) is 4.90 Å². The molecule has 2 bridgehead atoms. The van der Waals surface area contributed by atoms with Gasteiger partial charge in [-0.05, 0) is 19.1 Å². The van der Waals surface area contributed by atoms with Crippen LogP contribution in [0.15, 0.2) is 36.4 Å². The molecule has 21 heavy (non-hydrogen) atoms. The van der Waals surface area contributed by atoms with Gasteiger partial charge >= 0.3 is 0 Å². The zero-order chi connectivity index (χ0) is 14.8. The highest BCUT2D eigenvalue weighted by molar-refractivity contribution is 6.23. The van der Waals surface area contributed by atoms with Gasteiger partial charge in [0.15, 0.2) is 5.78 Å². The lowest BCUT2D eigenvalue weighted by molar-refractivity contribution is -0.146. The van der Waals surface area contributed by atoms with Crippen LogP contribution < -0.4 is 0 Å². The molecule has 3 aliphatic rings. The van der Waals surface area contributed by atoms with E-state index in [0.29, 0.717) is 11.1 Å². The van der Waals surface area contributed by atoms with Crippen LogP contribution in [0.4, 0.5) is 0 Å². The predicted octanol–water partition coefficient (Wildman–Crippen LogP) is 1.34. The normalized spacial score (nSPS) is 33.8. The Morgan fingerprint density at radius 2 is 1.76 bits per heavy atom. The van der Waals surface area contributed by atoms with E-state index in [1.807, 2.05) is 6.08 Å². The van der Waals surface area contributed by atoms with Crippen molar-refractivity contribution in [1.29, 1.82) is 0 Å². The van der Waals surface area contributed by atoms with Crippen LogP contribution in [0.5, 0.6) is 0 Å². The summed E-state index contributed by atoms with van der Waals surface area (Å²) in [6.07, 6.45) is 3.57. The van der Waals surface area contributed by atoms with Crippen LogP contribution in [-0.4, -0.2) is 40.2 Å². The molecule has 0 unspecified atom stereocenters. The number of ether oxygens (including phenoxy) is 1. The zero-order valence-corrected chi connectivity index (χ0v) is 11.4. The third kappa shape index (κ3) is 1.52. The molecule has 0 saturated carbocycles. The van der Waals surface area contributed by atoms with Crippen molar-refractivity contribution in [2.75, 3.05) is 0 Å². The van der Waals surface area contributed by atoms with E-state index in [9.17, 15) is 14.4 Å². The maximum atomic E-state index is 12.5. The number of carbonyl (C=O) groups is 3. The minimum atomic E-state index is -0.923. The Hall–Kier alpha value is -2.27. The lowest BCUT2D eigenvalue weighted by Gasteiger charge is -2.40. The molecular formula is C16H13NO4. The number of hydrogen-bond acceptors (Lipinski definition) is 4. The van der Waals surface area contributed by atoms with Crippen LogP contribution in [0.3, 0.4) is 0 Å². The van der Waals surface area contributed by atoms with E-state index in [0.717, 1.165) is 4.90 Å². The molecule has 1 aromatic rings. The molecular weight excluding hydrogens is 270 g/mol. The van der Waals surface area contributed by atoms with Gasteiger partial charge in [-0.25, -0.2) is 0 Å². The first-order chi connectivity index (χ1) is 10.0. The highest BCUT2D eigenvalue weighted by atomic mass is 16.5. The monoisotopic (exact) mass is 283 g/mol. The van der Waals surface area contributed by atoms with Gasteiger partial charge in [0.2, 0.25) is 0 Å². The topological polar surface area (TPSA) is 63.7 Å². The summed E-state index contributed by atoms with van der Waals surface area (Å²) in [5.41, 5.74) is -0.223. The van der Waals surface area contributed by atoms with E-state index in [1.54, 1.807) is 37.3 Å². The van der Waals surface area contributed by atoms with Crippen LogP contribution in [0, 0.1) is 0 Å². The van der Waals surface area contributed by atoms with E-state index in [2.05, 4.69) is 0 Å². The summed E-state index contributed by atoms with van der Waals surface area (Å²) in [5, 5.41) is 0. The number of rotatable bonds is 1. The summed E-state index contributed by atoms with van der Waals surface area (Å²) in [6, 6.07) is 5.75. The van der Waals surface area contributed by atoms with Crippen molar-refractivity contribution >= 4 is 17.6 Å². The quantitative estimate of drug-likeness (QED) is 0.576. The summed E-state index contributed by atoms with van der Waals surface area (Å²) < 4.78 is 5.80. The van der Waals surface area contributed by atoms with Crippen LogP contribution >= 0.6 is 0 Å². The van der Waals surface area contributed by atoms with Gasteiger partial charge < -0.3 is 4.74 Å². The lowest BCUT2D eigenvalue weighted by Crippen LogP contribution is -2.60. The maximum Gasteiger partial charge on any atom is 0.262 e. The first kappa shape index (κ1) is 12.5. The summed E-state index contributed by atoms with van der Waals surface area (Å²) in [4.78, 5) is 38.6. The Balaban J connectivity index is 1.81. The first-order valence-corrected chi connectivity index (χ1v) is 6.88. The van der Waals surface area contributed by atoms with Gasteiger partial charge in [0, 0.05) is 6.42 Å². The summed E-state index contributed by atoms with van der Waals surface area (Å²) in [6.45, 7) is 1.74. The Labute approximate surface area is 121 Å². The fourth-order valence-electron chi connectivity index (χ4n) is 3.44. The minimum Gasteiger partial charge on any atom is -0.361 e. The molecule has 0 aliphatic carbocycles. The fourth-order valence-corrected chi connectivity index (χ4v) is 3.44. The number of nitrogens with zero attached hydrogens (tertiary/aromatic N) is 1. The number of carbonyl (C=O) groups excluding carboxylic acids is 3. The summed E-state index contributed by atoms with van der Waals surface area (Å²) >= 11 is 0.